The van der Waals surface area contributed by atoms with Crippen molar-refractivity contribution in [1.82, 2.24) is 0 Å². The number of aliphatic hydroxyl groups is 1. The van der Waals surface area contributed by atoms with Crippen LogP contribution in [0.2, 0.25) is 5.02 Å². The first kappa shape index (κ1) is 13.5. The van der Waals surface area contributed by atoms with E-state index >= 15 is 0 Å². The standard InChI is InChI=1S/C14H21ClO/c1-11(2)3-4-13(10-16)9-12-5-7-14(15)8-6-12/h5-8,11,13,16H,3-4,9-10H2,1-2H3. The molecule has 0 radical (unpaired) electrons. The molecule has 0 saturated carbocycles. The van der Waals surface area contributed by atoms with E-state index in [0.29, 0.717) is 11.8 Å². The summed E-state index contributed by atoms with van der Waals surface area (Å²) in [5, 5.41) is 10.1. The fourth-order valence-corrected chi connectivity index (χ4v) is 1.91. The average Bonchev–Trinajstić information content (AvgIpc) is 2.26. The number of hydrogen-bond donors (Lipinski definition) is 1. The van der Waals surface area contributed by atoms with Crippen LogP contribution in [0.25, 0.3) is 0 Å². The molecule has 2 heteroatoms. The van der Waals surface area contributed by atoms with Gasteiger partial charge in [-0.3, -0.25) is 0 Å². The van der Waals surface area contributed by atoms with E-state index in [0.717, 1.165) is 17.9 Å². The Labute approximate surface area is 103 Å². The summed E-state index contributed by atoms with van der Waals surface area (Å²) in [5.74, 6) is 1.09. The Kier molecular flexibility index (Phi) is 5.86. The van der Waals surface area contributed by atoms with E-state index in [1.54, 1.807) is 0 Å². The van der Waals surface area contributed by atoms with Gasteiger partial charge in [0.2, 0.25) is 0 Å². The van der Waals surface area contributed by atoms with Crippen LogP contribution in [0, 0.1) is 11.8 Å². The maximum atomic E-state index is 9.33. The fraction of sp³-hybridized carbons (Fsp3) is 0.571. The SMILES string of the molecule is CC(C)CCC(CO)Cc1ccc(Cl)cc1. The minimum absolute atomic E-state index is 0.273. The molecule has 1 atom stereocenters. The Morgan fingerprint density at radius 1 is 1.12 bits per heavy atom. The van der Waals surface area contributed by atoms with E-state index in [1.165, 1.54) is 12.0 Å². The summed E-state index contributed by atoms with van der Waals surface area (Å²) >= 11 is 5.84. The molecular formula is C14H21ClO. The molecule has 1 nitrogen and oxygen atoms in total. The van der Waals surface area contributed by atoms with Crippen LogP contribution in [0.1, 0.15) is 32.3 Å². The number of hydrogen-bond acceptors (Lipinski definition) is 1. The molecule has 0 amide bonds. The highest BCUT2D eigenvalue weighted by Gasteiger charge is 2.09. The van der Waals surface area contributed by atoms with Crippen molar-refractivity contribution in [1.29, 1.82) is 0 Å². The quantitative estimate of drug-likeness (QED) is 0.799. The largest absolute Gasteiger partial charge is 0.396 e. The van der Waals surface area contributed by atoms with E-state index in [2.05, 4.69) is 13.8 Å². The Hall–Kier alpha value is -0.530. The third-order valence-corrected chi connectivity index (χ3v) is 3.10. The van der Waals surface area contributed by atoms with Crippen LogP contribution in [0.4, 0.5) is 0 Å². The van der Waals surface area contributed by atoms with Crippen molar-refractivity contribution in [3.05, 3.63) is 34.9 Å². The molecule has 0 saturated heterocycles. The number of rotatable bonds is 6. The van der Waals surface area contributed by atoms with Crippen LogP contribution in [0.3, 0.4) is 0 Å². The predicted octanol–water partition coefficient (Wildman–Crippen LogP) is 3.93. The molecule has 0 heterocycles. The van der Waals surface area contributed by atoms with Crippen LogP contribution < -0.4 is 0 Å². The lowest BCUT2D eigenvalue weighted by molar-refractivity contribution is 0.211. The molecule has 0 bridgehead atoms. The lowest BCUT2D eigenvalue weighted by atomic mass is 9.92. The molecule has 1 aromatic carbocycles. The minimum Gasteiger partial charge on any atom is -0.396 e. The summed E-state index contributed by atoms with van der Waals surface area (Å²) in [7, 11) is 0. The lowest BCUT2D eigenvalue weighted by Gasteiger charge is -2.15. The van der Waals surface area contributed by atoms with Gasteiger partial charge in [-0.15, -0.1) is 0 Å². The van der Waals surface area contributed by atoms with Gasteiger partial charge in [-0.1, -0.05) is 44.0 Å². The van der Waals surface area contributed by atoms with Gasteiger partial charge in [-0.25, -0.2) is 0 Å². The van der Waals surface area contributed by atoms with Crippen molar-refractivity contribution in [3.63, 3.8) is 0 Å². The Morgan fingerprint density at radius 3 is 2.25 bits per heavy atom. The van der Waals surface area contributed by atoms with Crippen molar-refractivity contribution < 1.29 is 5.11 Å². The third-order valence-electron chi connectivity index (χ3n) is 2.85. The molecule has 0 aliphatic heterocycles. The molecular weight excluding hydrogens is 220 g/mol. The van der Waals surface area contributed by atoms with Crippen molar-refractivity contribution in [3.8, 4) is 0 Å². The first-order chi connectivity index (χ1) is 7.61. The van der Waals surface area contributed by atoms with Crippen molar-refractivity contribution in [2.75, 3.05) is 6.61 Å². The predicted molar refractivity (Wildman–Crippen MR) is 69.8 cm³/mol. The highest BCUT2D eigenvalue weighted by Crippen LogP contribution is 2.18. The molecule has 0 aliphatic carbocycles. The van der Waals surface area contributed by atoms with Gasteiger partial charge in [-0.05, 0) is 42.4 Å². The smallest absolute Gasteiger partial charge is 0.0462 e. The van der Waals surface area contributed by atoms with Crippen molar-refractivity contribution >= 4 is 11.6 Å². The molecule has 90 valence electrons. The first-order valence-corrected chi connectivity index (χ1v) is 6.35. The zero-order valence-corrected chi connectivity index (χ0v) is 10.9. The second-order valence-corrected chi connectivity index (χ2v) is 5.29. The molecule has 0 aliphatic rings. The second-order valence-electron chi connectivity index (χ2n) is 4.85. The van der Waals surface area contributed by atoms with Gasteiger partial charge in [-0.2, -0.15) is 0 Å². The minimum atomic E-state index is 0.273. The molecule has 1 aromatic rings. The highest BCUT2D eigenvalue weighted by atomic mass is 35.5. The molecule has 1 rings (SSSR count). The average molecular weight is 241 g/mol. The number of benzene rings is 1. The number of aliphatic hydroxyl groups excluding tert-OH is 1. The highest BCUT2D eigenvalue weighted by molar-refractivity contribution is 6.30. The Balaban J connectivity index is 2.46. The van der Waals surface area contributed by atoms with Crippen LogP contribution in [0.5, 0.6) is 0 Å². The fourth-order valence-electron chi connectivity index (χ4n) is 1.78. The first-order valence-electron chi connectivity index (χ1n) is 5.97. The summed E-state index contributed by atoms with van der Waals surface area (Å²) in [4.78, 5) is 0. The van der Waals surface area contributed by atoms with Crippen LogP contribution >= 0.6 is 11.6 Å². The van der Waals surface area contributed by atoms with Gasteiger partial charge < -0.3 is 5.11 Å². The maximum Gasteiger partial charge on any atom is 0.0462 e. The van der Waals surface area contributed by atoms with E-state index in [9.17, 15) is 5.11 Å². The summed E-state index contributed by atoms with van der Waals surface area (Å²) in [6, 6.07) is 7.91. The van der Waals surface area contributed by atoms with Crippen LogP contribution in [0.15, 0.2) is 24.3 Å². The van der Waals surface area contributed by atoms with E-state index in [4.69, 9.17) is 11.6 Å². The topological polar surface area (TPSA) is 20.2 Å². The second kappa shape index (κ2) is 6.93. The molecule has 1 N–H and O–H groups in total. The van der Waals surface area contributed by atoms with Crippen LogP contribution in [-0.2, 0) is 6.42 Å². The van der Waals surface area contributed by atoms with Crippen molar-refractivity contribution in [2.24, 2.45) is 11.8 Å². The van der Waals surface area contributed by atoms with Gasteiger partial charge in [0.05, 0.1) is 0 Å². The van der Waals surface area contributed by atoms with E-state index < -0.39 is 0 Å². The summed E-state index contributed by atoms with van der Waals surface area (Å²) in [5.41, 5.74) is 1.26. The molecule has 0 fully saturated rings. The summed E-state index contributed by atoms with van der Waals surface area (Å²) in [6.45, 7) is 4.71. The molecule has 0 spiro atoms. The lowest BCUT2D eigenvalue weighted by Crippen LogP contribution is -2.10. The Morgan fingerprint density at radius 2 is 1.75 bits per heavy atom. The maximum absolute atomic E-state index is 9.33. The number of halogens is 1. The van der Waals surface area contributed by atoms with Gasteiger partial charge >= 0.3 is 0 Å². The molecule has 0 aromatic heterocycles. The Bertz CT molecular complexity index is 292. The normalized spacial score (nSPS) is 13.1. The summed E-state index contributed by atoms with van der Waals surface area (Å²) in [6.07, 6.45) is 3.22. The van der Waals surface area contributed by atoms with E-state index in [-0.39, 0.29) is 6.61 Å². The van der Waals surface area contributed by atoms with Crippen molar-refractivity contribution in [2.45, 2.75) is 33.1 Å². The van der Waals surface area contributed by atoms with E-state index in [1.807, 2.05) is 24.3 Å². The monoisotopic (exact) mass is 240 g/mol. The van der Waals surface area contributed by atoms with Gasteiger partial charge in [0.25, 0.3) is 0 Å². The van der Waals surface area contributed by atoms with Gasteiger partial charge in [0.1, 0.15) is 0 Å². The van der Waals surface area contributed by atoms with Gasteiger partial charge in [0, 0.05) is 11.6 Å². The third kappa shape index (κ3) is 5.00. The zero-order valence-electron chi connectivity index (χ0n) is 10.1. The zero-order chi connectivity index (χ0) is 12.0. The van der Waals surface area contributed by atoms with Gasteiger partial charge in [0.15, 0.2) is 0 Å². The summed E-state index contributed by atoms with van der Waals surface area (Å²) < 4.78 is 0. The molecule has 16 heavy (non-hydrogen) atoms. The van der Waals surface area contributed by atoms with Crippen LogP contribution in [-0.4, -0.2) is 11.7 Å². The molecule has 1 unspecified atom stereocenters.